The maximum Gasteiger partial charge on any atom is 0.119 e. The zero-order chi connectivity index (χ0) is 29.6. The summed E-state index contributed by atoms with van der Waals surface area (Å²) in [6.45, 7) is 18.9. The first-order valence-corrected chi connectivity index (χ1v) is 16.4. The Morgan fingerprint density at radius 1 is 0.902 bits per heavy atom. The molecule has 0 fully saturated rings. The number of thioether (sulfide) groups is 1. The summed E-state index contributed by atoms with van der Waals surface area (Å²) in [5.74, 6) is 4.40. The number of nitrogens with zero attached hydrogens (tertiary/aromatic N) is 3. The van der Waals surface area contributed by atoms with E-state index >= 15 is 0 Å². The SMILES string of the molecule is COc1ccc2cc(-c3nc(C(C)(C)C[N+](CCCSC)(CC(C)C)CC(C)C)[nH]c3-c3ccncc3)ccc2c1. The number of benzene rings is 2. The third kappa shape index (κ3) is 7.72. The Balaban J connectivity index is 1.79. The summed E-state index contributed by atoms with van der Waals surface area (Å²) in [5.41, 5.74) is 4.11. The van der Waals surface area contributed by atoms with Crippen molar-refractivity contribution in [2.45, 2.75) is 53.4 Å². The van der Waals surface area contributed by atoms with E-state index in [9.17, 15) is 0 Å². The molecule has 0 bridgehead atoms. The summed E-state index contributed by atoms with van der Waals surface area (Å²) in [6.07, 6.45) is 7.18. The van der Waals surface area contributed by atoms with Gasteiger partial charge >= 0.3 is 0 Å². The molecule has 1 N–H and O–H groups in total. The molecular formula is C35H49N4OS+. The highest BCUT2D eigenvalue weighted by molar-refractivity contribution is 7.98. The van der Waals surface area contributed by atoms with Crippen molar-refractivity contribution in [3.63, 3.8) is 0 Å². The van der Waals surface area contributed by atoms with Crippen molar-refractivity contribution in [3.8, 4) is 28.3 Å². The molecule has 5 nitrogen and oxygen atoms in total. The van der Waals surface area contributed by atoms with Crippen molar-refractivity contribution in [2.24, 2.45) is 11.8 Å². The zero-order valence-corrected chi connectivity index (χ0v) is 27.1. The number of fused-ring (bicyclic) bond motifs is 1. The molecule has 0 spiro atoms. The van der Waals surface area contributed by atoms with Crippen LogP contribution in [0, 0.1) is 11.8 Å². The number of aromatic nitrogens is 3. The highest BCUT2D eigenvalue weighted by Gasteiger charge is 2.39. The van der Waals surface area contributed by atoms with Gasteiger partial charge in [0.15, 0.2) is 0 Å². The van der Waals surface area contributed by atoms with E-state index in [2.05, 4.69) is 100 Å². The van der Waals surface area contributed by atoms with Crippen molar-refractivity contribution < 1.29 is 9.22 Å². The summed E-state index contributed by atoms with van der Waals surface area (Å²) in [6, 6.07) is 17.0. The van der Waals surface area contributed by atoms with Gasteiger partial charge in [-0.1, -0.05) is 45.9 Å². The van der Waals surface area contributed by atoms with E-state index in [0.29, 0.717) is 11.8 Å². The standard InChI is InChI=1S/C35H49N4OS/c1-25(2)22-39(23-26(3)4,18-9-19-41-8)24-35(5,6)34-37-32(27-14-16-36-17-15-27)33(38-34)30-11-10-29-21-31(40-7)13-12-28(29)20-30/h10-17,20-21,25-26H,9,18-19,22-24H2,1-8H3,(H,37,38)/q+1. The summed E-state index contributed by atoms with van der Waals surface area (Å²) in [4.78, 5) is 13.5. The predicted molar refractivity (Wildman–Crippen MR) is 177 cm³/mol. The van der Waals surface area contributed by atoms with E-state index in [1.165, 1.54) is 37.2 Å². The highest BCUT2D eigenvalue weighted by Crippen LogP contribution is 2.37. The molecule has 4 aromatic rings. The van der Waals surface area contributed by atoms with Gasteiger partial charge in [-0.15, -0.1) is 0 Å². The molecule has 0 saturated carbocycles. The van der Waals surface area contributed by atoms with Crippen LogP contribution >= 0.6 is 11.8 Å². The molecule has 0 radical (unpaired) electrons. The van der Waals surface area contributed by atoms with Gasteiger partial charge in [0.05, 0.1) is 50.1 Å². The third-order valence-electron chi connectivity index (χ3n) is 7.85. The van der Waals surface area contributed by atoms with Crippen LogP contribution in [0.4, 0.5) is 0 Å². The number of imidazole rings is 1. The van der Waals surface area contributed by atoms with Crippen molar-refractivity contribution in [2.75, 3.05) is 45.3 Å². The molecule has 2 aromatic carbocycles. The lowest BCUT2D eigenvalue weighted by Gasteiger charge is -2.45. The van der Waals surface area contributed by atoms with Gasteiger partial charge in [0, 0.05) is 41.8 Å². The number of quaternary nitrogens is 1. The van der Waals surface area contributed by atoms with Gasteiger partial charge in [-0.3, -0.25) is 4.98 Å². The average molecular weight is 574 g/mol. The van der Waals surface area contributed by atoms with Crippen LogP contribution in [0.25, 0.3) is 33.3 Å². The summed E-state index contributed by atoms with van der Waals surface area (Å²) < 4.78 is 6.57. The van der Waals surface area contributed by atoms with E-state index in [4.69, 9.17) is 9.72 Å². The van der Waals surface area contributed by atoms with Crippen LogP contribution in [0.1, 0.15) is 53.8 Å². The maximum absolute atomic E-state index is 5.45. The van der Waals surface area contributed by atoms with Crippen LogP contribution in [-0.4, -0.2) is 64.7 Å². The molecule has 0 unspecified atom stereocenters. The summed E-state index contributed by atoms with van der Waals surface area (Å²) >= 11 is 1.96. The fourth-order valence-corrected chi connectivity index (χ4v) is 7.02. The number of hydrogen-bond donors (Lipinski definition) is 1. The third-order valence-corrected chi connectivity index (χ3v) is 8.55. The Morgan fingerprint density at radius 3 is 2.20 bits per heavy atom. The Hall–Kier alpha value is -2.83. The number of nitrogens with one attached hydrogen (secondary N) is 1. The summed E-state index contributed by atoms with van der Waals surface area (Å²) in [5, 5.41) is 2.33. The second-order valence-electron chi connectivity index (χ2n) is 13.1. The van der Waals surface area contributed by atoms with Crippen LogP contribution in [0.2, 0.25) is 0 Å². The fraction of sp³-hybridized carbons (Fsp3) is 0.486. The molecule has 0 aliphatic carbocycles. The number of methoxy groups -OCH3 is 1. The molecule has 6 heteroatoms. The number of aromatic amines is 1. The van der Waals surface area contributed by atoms with Gasteiger partial charge in [0.2, 0.25) is 0 Å². The lowest BCUT2D eigenvalue weighted by atomic mass is 9.89. The first-order chi connectivity index (χ1) is 19.6. The Labute approximate surface area is 251 Å². The second kappa shape index (κ2) is 13.4. The topological polar surface area (TPSA) is 50.8 Å². The van der Waals surface area contributed by atoms with Crippen molar-refractivity contribution in [3.05, 3.63) is 66.7 Å². The summed E-state index contributed by atoms with van der Waals surface area (Å²) in [7, 11) is 1.71. The monoisotopic (exact) mass is 573 g/mol. The molecule has 0 saturated heterocycles. The minimum Gasteiger partial charge on any atom is -0.497 e. The maximum atomic E-state index is 5.45. The number of rotatable bonds is 14. The molecule has 220 valence electrons. The molecule has 41 heavy (non-hydrogen) atoms. The van der Waals surface area contributed by atoms with Crippen LogP contribution in [0.3, 0.4) is 0 Å². The van der Waals surface area contributed by atoms with E-state index in [1.807, 2.05) is 30.2 Å². The van der Waals surface area contributed by atoms with Crippen LogP contribution in [0.15, 0.2) is 60.9 Å². The normalized spacial score (nSPS) is 12.5. The van der Waals surface area contributed by atoms with Crippen LogP contribution in [0.5, 0.6) is 5.75 Å². The quantitative estimate of drug-likeness (QED) is 0.121. The zero-order valence-electron chi connectivity index (χ0n) is 26.3. The minimum absolute atomic E-state index is 0.145. The van der Waals surface area contributed by atoms with E-state index in [1.54, 1.807) is 7.11 Å². The average Bonchev–Trinajstić information content (AvgIpc) is 3.39. The number of pyridine rings is 1. The van der Waals surface area contributed by atoms with E-state index in [0.717, 1.165) is 50.5 Å². The van der Waals surface area contributed by atoms with Crippen molar-refractivity contribution in [1.82, 2.24) is 15.0 Å². The molecule has 2 heterocycles. The smallest absolute Gasteiger partial charge is 0.119 e. The Bertz CT molecular complexity index is 1400. The molecule has 4 rings (SSSR count). The van der Waals surface area contributed by atoms with Gasteiger partial charge in [0.25, 0.3) is 0 Å². The first kappa shape index (κ1) is 31.1. The van der Waals surface area contributed by atoms with E-state index < -0.39 is 0 Å². The largest absolute Gasteiger partial charge is 0.497 e. The Kier molecular flexibility index (Phi) is 10.2. The van der Waals surface area contributed by atoms with Crippen LogP contribution < -0.4 is 4.74 Å². The predicted octanol–water partition coefficient (Wildman–Crippen LogP) is 8.46. The minimum atomic E-state index is -0.145. The van der Waals surface area contributed by atoms with Gasteiger partial charge in [-0.25, -0.2) is 4.98 Å². The Morgan fingerprint density at radius 2 is 1.56 bits per heavy atom. The van der Waals surface area contributed by atoms with Crippen molar-refractivity contribution >= 4 is 22.5 Å². The van der Waals surface area contributed by atoms with Gasteiger partial charge in [-0.05, 0) is 67.0 Å². The van der Waals surface area contributed by atoms with Gasteiger partial charge in [0.1, 0.15) is 11.6 Å². The lowest BCUT2D eigenvalue weighted by Crippen LogP contribution is -2.58. The molecule has 2 aromatic heterocycles. The molecule has 0 aliphatic heterocycles. The molecule has 0 atom stereocenters. The van der Waals surface area contributed by atoms with Crippen LogP contribution in [-0.2, 0) is 5.41 Å². The molecule has 0 aliphatic rings. The fourth-order valence-electron chi connectivity index (χ4n) is 6.60. The molecular weight excluding hydrogens is 524 g/mol. The van der Waals surface area contributed by atoms with Gasteiger partial charge in [-0.2, -0.15) is 11.8 Å². The number of hydrogen-bond acceptors (Lipinski definition) is 4. The lowest BCUT2D eigenvalue weighted by molar-refractivity contribution is -0.937. The first-order valence-electron chi connectivity index (χ1n) is 15.0. The highest BCUT2D eigenvalue weighted by atomic mass is 32.2. The van der Waals surface area contributed by atoms with E-state index in [-0.39, 0.29) is 5.41 Å². The molecule has 0 amide bonds. The van der Waals surface area contributed by atoms with Gasteiger partial charge < -0.3 is 14.2 Å². The number of ether oxygens (including phenoxy) is 1. The van der Waals surface area contributed by atoms with Crippen molar-refractivity contribution in [1.29, 1.82) is 0 Å². The number of H-pyrrole nitrogens is 1. The second-order valence-corrected chi connectivity index (χ2v) is 14.1.